The Morgan fingerprint density at radius 3 is 2.43 bits per heavy atom. The predicted molar refractivity (Wildman–Crippen MR) is 95.7 cm³/mol. The fraction of sp³-hybridized carbons (Fsp3) is 0.375. The van der Waals surface area contributed by atoms with Gasteiger partial charge in [-0.05, 0) is 31.9 Å². The smallest absolute Gasteiger partial charge is 0.144 e. The lowest BCUT2D eigenvalue weighted by Gasteiger charge is -2.09. The quantitative estimate of drug-likeness (QED) is 0.706. The Hall–Kier alpha value is -1.66. The molecule has 23 heavy (non-hydrogen) atoms. The van der Waals surface area contributed by atoms with E-state index in [0.29, 0.717) is 15.7 Å². The van der Waals surface area contributed by atoms with Crippen LogP contribution in [-0.2, 0) is 17.8 Å². The van der Waals surface area contributed by atoms with Crippen molar-refractivity contribution in [1.29, 1.82) is 0 Å². The van der Waals surface area contributed by atoms with E-state index in [1.54, 1.807) is 18.0 Å². The van der Waals surface area contributed by atoms with Crippen molar-refractivity contribution in [2.75, 3.05) is 6.26 Å². The second-order valence-electron chi connectivity index (χ2n) is 5.48. The Morgan fingerprint density at radius 2 is 1.87 bits per heavy atom. The zero-order valence-electron chi connectivity index (χ0n) is 13.1. The fourth-order valence-corrected chi connectivity index (χ4v) is 4.18. The molecule has 0 N–H and O–H groups in total. The summed E-state index contributed by atoms with van der Waals surface area (Å²) in [4.78, 5) is 4.56. The summed E-state index contributed by atoms with van der Waals surface area (Å²) in [7, 11) is 0.555. The molecule has 0 amide bonds. The van der Waals surface area contributed by atoms with Crippen molar-refractivity contribution in [2.45, 2.75) is 33.2 Å². The van der Waals surface area contributed by atoms with E-state index in [1.807, 2.05) is 31.4 Å². The number of nitrogens with zero attached hydrogens (tertiary/aromatic N) is 4. The van der Waals surface area contributed by atoms with Crippen molar-refractivity contribution in [2.24, 2.45) is 7.05 Å². The zero-order chi connectivity index (χ0) is 16.2. The van der Waals surface area contributed by atoms with E-state index in [2.05, 4.69) is 16.1 Å². The standard InChI is InChI=1S/C15H17ClN4OS.CH4/c1-8-6-9(2)14-17-10(3)7-20(14)13(8)12-11(16)15(22(5)21)19(4)18-12;/h6-7H,1-5H3;1H4. The Labute approximate surface area is 143 Å². The Morgan fingerprint density at radius 1 is 1.22 bits per heavy atom. The molecule has 3 rings (SSSR count). The summed E-state index contributed by atoms with van der Waals surface area (Å²) in [6.45, 7) is 6.01. The van der Waals surface area contributed by atoms with Crippen LogP contribution in [0.1, 0.15) is 24.2 Å². The SMILES string of the molecule is C.Cc1cn2c(-c3nn(C)c(S(C)=O)c3Cl)c(C)cc(C)c2n1. The van der Waals surface area contributed by atoms with Gasteiger partial charge < -0.3 is 0 Å². The number of pyridine rings is 1. The third-order valence-electron chi connectivity index (χ3n) is 3.66. The van der Waals surface area contributed by atoms with Crippen LogP contribution in [0.15, 0.2) is 17.3 Å². The molecule has 3 aromatic heterocycles. The van der Waals surface area contributed by atoms with E-state index in [-0.39, 0.29) is 7.43 Å². The van der Waals surface area contributed by atoms with Gasteiger partial charge in [-0.25, -0.2) is 4.98 Å². The lowest BCUT2D eigenvalue weighted by atomic mass is 10.1. The second kappa shape index (κ2) is 6.09. The van der Waals surface area contributed by atoms with Crippen molar-refractivity contribution in [3.63, 3.8) is 0 Å². The second-order valence-corrected chi connectivity index (χ2v) is 7.15. The van der Waals surface area contributed by atoms with Gasteiger partial charge in [0, 0.05) is 19.5 Å². The van der Waals surface area contributed by atoms with Gasteiger partial charge in [0.1, 0.15) is 21.4 Å². The molecule has 5 nitrogen and oxygen atoms in total. The maximum atomic E-state index is 11.9. The molecule has 7 heteroatoms. The predicted octanol–water partition coefficient (Wildman–Crippen LogP) is 3.69. The van der Waals surface area contributed by atoms with Gasteiger partial charge in [0.05, 0.1) is 22.2 Å². The first-order valence-electron chi connectivity index (χ1n) is 6.83. The summed E-state index contributed by atoms with van der Waals surface area (Å²) in [5, 5.41) is 5.46. The van der Waals surface area contributed by atoms with Crippen LogP contribution < -0.4 is 0 Å². The zero-order valence-corrected chi connectivity index (χ0v) is 14.7. The summed E-state index contributed by atoms with van der Waals surface area (Å²) in [5.74, 6) is 0. The van der Waals surface area contributed by atoms with Crippen molar-refractivity contribution in [1.82, 2.24) is 19.2 Å². The van der Waals surface area contributed by atoms with E-state index < -0.39 is 10.8 Å². The van der Waals surface area contributed by atoms with Crippen LogP contribution in [0.3, 0.4) is 0 Å². The number of imidazole rings is 1. The summed E-state index contributed by atoms with van der Waals surface area (Å²) in [5.41, 5.74) is 5.49. The van der Waals surface area contributed by atoms with Crippen LogP contribution in [-0.4, -0.2) is 29.6 Å². The Bertz CT molecular complexity index is 926. The highest BCUT2D eigenvalue weighted by Crippen LogP contribution is 2.34. The molecule has 0 aromatic carbocycles. The van der Waals surface area contributed by atoms with Crippen molar-refractivity contribution < 1.29 is 4.21 Å². The third kappa shape index (κ3) is 2.70. The summed E-state index contributed by atoms with van der Waals surface area (Å²) < 4.78 is 15.5. The number of aromatic nitrogens is 4. The monoisotopic (exact) mass is 352 g/mol. The Kier molecular flexibility index (Phi) is 4.69. The van der Waals surface area contributed by atoms with E-state index in [9.17, 15) is 4.21 Å². The Balaban J connectivity index is 0.00000192. The van der Waals surface area contributed by atoms with Gasteiger partial charge in [-0.2, -0.15) is 5.10 Å². The molecule has 3 heterocycles. The van der Waals surface area contributed by atoms with Crippen LogP contribution in [0.25, 0.3) is 17.0 Å². The molecule has 0 aliphatic heterocycles. The third-order valence-corrected chi connectivity index (χ3v) is 5.15. The summed E-state index contributed by atoms with van der Waals surface area (Å²) in [6, 6.07) is 2.07. The van der Waals surface area contributed by atoms with Gasteiger partial charge in [-0.15, -0.1) is 0 Å². The van der Waals surface area contributed by atoms with Crippen molar-refractivity contribution in [3.05, 3.63) is 34.1 Å². The van der Waals surface area contributed by atoms with E-state index in [4.69, 9.17) is 11.6 Å². The maximum Gasteiger partial charge on any atom is 0.144 e. The molecular weight excluding hydrogens is 332 g/mol. The minimum Gasteiger partial charge on any atom is -0.297 e. The van der Waals surface area contributed by atoms with Crippen molar-refractivity contribution in [3.8, 4) is 11.4 Å². The maximum absolute atomic E-state index is 11.9. The number of rotatable bonds is 2. The molecule has 0 saturated carbocycles. The molecule has 1 atom stereocenters. The average molecular weight is 353 g/mol. The minimum atomic E-state index is -1.20. The molecule has 0 radical (unpaired) electrons. The number of hydrogen-bond donors (Lipinski definition) is 0. The van der Waals surface area contributed by atoms with Crippen molar-refractivity contribution >= 4 is 28.0 Å². The van der Waals surface area contributed by atoms with E-state index >= 15 is 0 Å². The average Bonchev–Trinajstić information content (AvgIpc) is 2.91. The summed E-state index contributed by atoms with van der Waals surface area (Å²) in [6.07, 6.45) is 3.57. The molecule has 0 aliphatic carbocycles. The highest BCUT2D eigenvalue weighted by Gasteiger charge is 2.22. The molecule has 124 valence electrons. The minimum absolute atomic E-state index is 0. The fourth-order valence-electron chi connectivity index (χ4n) is 2.84. The van der Waals surface area contributed by atoms with Gasteiger partial charge in [0.25, 0.3) is 0 Å². The molecular formula is C16H21ClN4OS. The first-order chi connectivity index (χ1) is 10.3. The van der Waals surface area contributed by atoms with E-state index in [0.717, 1.165) is 28.2 Å². The highest BCUT2D eigenvalue weighted by molar-refractivity contribution is 7.84. The van der Waals surface area contributed by atoms with Gasteiger partial charge in [-0.3, -0.25) is 13.3 Å². The largest absolute Gasteiger partial charge is 0.297 e. The first kappa shape index (κ1) is 17.7. The number of hydrogen-bond acceptors (Lipinski definition) is 3. The first-order valence-corrected chi connectivity index (χ1v) is 8.77. The highest BCUT2D eigenvalue weighted by atomic mass is 35.5. The van der Waals surface area contributed by atoms with Crippen LogP contribution in [0.4, 0.5) is 0 Å². The van der Waals surface area contributed by atoms with Gasteiger partial charge in [0.15, 0.2) is 0 Å². The van der Waals surface area contributed by atoms with E-state index in [1.165, 1.54) is 0 Å². The lowest BCUT2D eigenvalue weighted by molar-refractivity contribution is 0.656. The van der Waals surface area contributed by atoms with Gasteiger partial charge in [0.2, 0.25) is 0 Å². The van der Waals surface area contributed by atoms with Crippen LogP contribution >= 0.6 is 11.6 Å². The van der Waals surface area contributed by atoms with Crippen LogP contribution in [0, 0.1) is 20.8 Å². The lowest BCUT2D eigenvalue weighted by Crippen LogP contribution is -2.00. The number of aryl methyl sites for hydroxylation is 4. The normalized spacial score (nSPS) is 12.4. The molecule has 3 aromatic rings. The van der Waals surface area contributed by atoms with Crippen LogP contribution in [0.5, 0.6) is 0 Å². The molecule has 1 unspecified atom stereocenters. The van der Waals surface area contributed by atoms with Crippen LogP contribution in [0.2, 0.25) is 5.02 Å². The van der Waals surface area contributed by atoms with Gasteiger partial charge in [-0.1, -0.05) is 25.1 Å². The molecule has 0 fully saturated rings. The number of halogens is 1. The topological polar surface area (TPSA) is 52.2 Å². The number of fused-ring (bicyclic) bond motifs is 1. The summed E-state index contributed by atoms with van der Waals surface area (Å²) >= 11 is 6.47. The molecule has 0 aliphatic rings. The molecule has 0 bridgehead atoms. The molecule has 0 spiro atoms. The molecule has 0 saturated heterocycles. The van der Waals surface area contributed by atoms with Gasteiger partial charge >= 0.3 is 0 Å².